The van der Waals surface area contributed by atoms with Gasteiger partial charge >= 0.3 is 0 Å². The van der Waals surface area contributed by atoms with E-state index in [2.05, 4.69) is 0 Å². The third kappa shape index (κ3) is 3.09. The molecule has 0 radical (unpaired) electrons. The maximum absolute atomic E-state index is 5.61. The van der Waals surface area contributed by atoms with Gasteiger partial charge in [-0.05, 0) is 26.3 Å². The molecule has 9 heavy (non-hydrogen) atoms. The van der Waals surface area contributed by atoms with Crippen LogP contribution < -0.4 is 5.73 Å². The van der Waals surface area contributed by atoms with E-state index in [9.17, 15) is 0 Å². The molecule has 0 bridgehead atoms. The van der Waals surface area contributed by atoms with Gasteiger partial charge in [0.15, 0.2) is 0 Å². The zero-order valence-corrected chi connectivity index (χ0v) is 6.39. The van der Waals surface area contributed by atoms with E-state index in [0.717, 1.165) is 0 Å². The molecule has 0 aromatic heterocycles. The summed E-state index contributed by atoms with van der Waals surface area (Å²) in [6.07, 6.45) is 6.06. The fraction of sp³-hybridized carbons (Fsp3) is 0.500. The monoisotopic (exact) mass is 125 g/mol. The summed E-state index contributed by atoms with van der Waals surface area (Å²) in [5.41, 5.74) is 6.81. The fourth-order valence-electron chi connectivity index (χ4n) is 0.703. The third-order valence-electron chi connectivity index (χ3n) is 1.22. The van der Waals surface area contributed by atoms with E-state index in [1.807, 2.05) is 39.0 Å². The highest BCUT2D eigenvalue weighted by Crippen LogP contribution is 1.99. The average Bonchev–Trinajstić information content (AvgIpc) is 1.82. The molecule has 0 aliphatic rings. The van der Waals surface area contributed by atoms with Gasteiger partial charge in [-0.2, -0.15) is 0 Å². The van der Waals surface area contributed by atoms with Crippen molar-refractivity contribution < 1.29 is 0 Å². The molecule has 0 aliphatic heterocycles. The first-order valence-electron chi connectivity index (χ1n) is 3.26. The molecule has 0 aliphatic carbocycles. The molecule has 0 aromatic rings. The van der Waals surface area contributed by atoms with Gasteiger partial charge in [-0.3, -0.25) is 0 Å². The smallest absolute Gasteiger partial charge is 0.0262 e. The second-order valence-electron chi connectivity index (χ2n) is 2.08. The summed E-state index contributed by atoms with van der Waals surface area (Å²) in [5, 5.41) is 0. The van der Waals surface area contributed by atoms with Crippen molar-refractivity contribution in [1.29, 1.82) is 0 Å². The first kappa shape index (κ1) is 8.44. The van der Waals surface area contributed by atoms with E-state index in [4.69, 9.17) is 5.73 Å². The number of hydrogen-bond donors (Lipinski definition) is 1. The highest BCUT2D eigenvalue weighted by Gasteiger charge is 1.94. The number of nitrogens with two attached hydrogens (primary N) is 1. The first-order chi connectivity index (χ1) is 4.22. The van der Waals surface area contributed by atoms with Crippen molar-refractivity contribution in [1.82, 2.24) is 0 Å². The van der Waals surface area contributed by atoms with E-state index in [1.165, 1.54) is 5.57 Å². The Morgan fingerprint density at radius 3 is 2.11 bits per heavy atom. The van der Waals surface area contributed by atoms with Crippen molar-refractivity contribution in [3.05, 3.63) is 23.8 Å². The highest BCUT2D eigenvalue weighted by molar-refractivity contribution is 5.21. The number of hydrogen-bond acceptors (Lipinski definition) is 1. The fourth-order valence-corrected chi connectivity index (χ4v) is 0.703. The highest BCUT2D eigenvalue weighted by atomic mass is 14.6. The lowest BCUT2D eigenvalue weighted by Gasteiger charge is -2.03. The second-order valence-corrected chi connectivity index (χ2v) is 2.08. The Balaban J connectivity index is 4.01. The Labute approximate surface area is 57.3 Å². The first-order valence-corrected chi connectivity index (χ1v) is 3.26. The maximum atomic E-state index is 5.61. The lowest BCUT2D eigenvalue weighted by atomic mass is 10.1. The van der Waals surface area contributed by atoms with Crippen molar-refractivity contribution in [3.8, 4) is 0 Å². The van der Waals surface area contributed by atoms with Gasteiger partial charge in [-0.15, -0.1) is 0 Å². The van der Waals surface area contributed by atoms with Crippen LogP contribution in [0.3, 0.4) is 0 Å². The van der Waals surface area contributed by atoms with Crippen molar-refractivity contribution in [2.75, 3.05) is 0 Å². The summed E-state index contributed by atoms with van der Waals surface area (Å²) >= 11 is 0. The normalized spacial score (nSPS) is 16.7. The standard InChI is InChI=1S/C8H15N/c1-4-6-8(5-2)7(3)9/h4-7H,9H2,1-3H3. The maximum Gasteiger partial charge on any atom is 0.0262 e. The average molecular weight is 125 g/mol. The Bertz CT molecular complexity index is 121. The minimum Gasteiger partial charge on any atom is -0.324 e. The second kappa shape index (κ2) is 4.33. The van der Waals surface area contributed by atoms with Crippen LogP contribution in [-0.2, 0) is 0 Å². The zero-order chi connectivity index (χ0) is 7.28. The summed E-state index contributed by atoms with van der Waals surface area (Å²) in [6.45, 7) is 5.97. The summed E-state index contributed by atoms with van der Waals surface area (Å²) in [6, 6.07) is 0.159. The van der Waals surface area contributed by atoms with Gasteiger partial charge in [0.25, 0.3) is 0 Å². The Morgan fingerprint density at radius 2 is 2.00 bits per heavy atom. The van der Waals surface area contributed by atoms with Crippen LogP contribution in [0.1, 0.15) is 20.8 Å². The lowest BCUT2D eigenvalue weighted by Crippen LogP contribution is -2.16. The van der Waals surface area contributed by atoms with E-state index >= 15 is 0 Å². The number of allylic oxidation sites excluding steroid dienone is 2. The summed E-state index contributed by atoms with van der Waals surface area (Å²) in [5.74, 6) is 0. The van der Waals surface area contributed by atoms with E-state index in [0.29, 0.717) is 0 Å². The van der Waals surface area contributed by atoms with Crippen molar-refractivity contribution in [2.24, 2.45) is 5.73 Å². The molecular formula is C8H15N. The van der Waals surface area contributed by atoms with Gasteiger partial charge < -0.3 is 5.73 Å². The summed E-state index contributed by atoms with van der Waals surface area (Å²) in [7, 11) is 0. The molecule has 2 N–H and O–H groups in total. The molecule has 1 atom stereocenters. The molecule has 0 heterocycles. The van der Waals surface area contributed by atoms with Gasteiger partial charge in [0.1, 0.15) is 0 Å². The SMILES string of the molecule is CC=CC(=CC)C(C)N. The Morgan fingerprint density at radius 1 is 1.44 bits per heavy atom. The van der Waals surface area contributed by atoms with Gasteiger partial charge in [-0.1, -0.05) is 18.2 Å². The number of rotatable bonds is 2. The van der Waals surface area contributed by atoms with Crippen LogP contribution in [0, 0.1) is 0 Å². The largest absolute Gasteiger partial charge is 0.324 e. The molecule has 1 unspecified atom stereocenters. The summed E-state index contributed by atoms with van der Waals surface area (Å²) < 4.78 is 0. The molecule has 52 valence electrons. The predicted octanol–water partition coefficient (Wildman–Crippen LogP) is 1.86. The molecule has 0 fully saturated rings. The quantitative estimate of drug-likeness (QED) is 0.560. The lowest BCUT2D eigenvalue weighted by molar-refractivity contribution is 0.882. The van der Waals surface area contributed by atoms with Crippen LogP contribution in [0.4, 0.5) is 0 Å². The van der Waals surface area contributed by atoms with Crippen LogP contribution in [0.2, 0.25) is 0 Å². The molecule has 0 saturated carbocycles. The molecule has 1 nitrogen and oxygen atoms in total. The van der Waals surface area contributed by atoms with Gasteiger partial charge in [0, 0.05) is 6.04 Å². The molecule has 0 rings (SSSR count). The molecule has 0 saturated heterocycles. The third-order valence-corrected chi connectivity index (χ3v) is 1.22. The minimum atomic E-state index is 0.159. The van der Waals surface area contributed by atoms with E-state index in [-0.39, 0.29) is 6.04 Å². The molecule has 0 aromatic carbocycles. The molecular weight excluding hydrogens is 110 g/mol. The van der Waals surface area contributed by atoms with Crippen molar-refractivity contribution >= 4 is 0 Å². The van der Waals surface area contributed by atoms with Gasteiger partial charge in [-0.25, -0.2) is 0 Å². The van der Waals surface area contributed by atoms with Crippen LogP contribution in [0.25, 0.3) is 0 Å². The molecule has 1 heteroatoms. The van der Waals surface area contributed by atoms with E-state index in [1.54, 1.807) is 0 Å². The Hall–Kier alpha value is -0.560. The molecule has 0 amide bonds. The van der Waals surface area contributed by atoms with Crippen molar-refractivity contribution in [3.63, 3.8) is 0 Å². The van der Waals surface area contributed by atoms with Crippen LogP contribution in [0.5, 0.6) is 0 Å². The van der Waals surface area contributed by atoms with Gasteiger partial charge in [0.2, 0.25) is 0 Å². The predicted molar refractivity (Wildman–Crippen MR) is 42.2 cm³/mol. The van der Waals surface area contributed by atoms with Crippen LogP contribution >= 0.6 is 0 Å². The van der Waals surface area contributed by atoms with Crippen LogP contribution in [-0.4, -0.2) is 6.04 Å². The van der Waals surface area contributed by atoms with Crippen molar-refractivity contribution in [2.45, 2.75) is 26.8 Å². The van der Waals surface area contributed by atoms with Crippen LogP contribution in [0.15, 0.2) is 23.8 Å². The Kier molecular flexibility index (Phi) is 4.06. The topological polar surface area (TPSA) is 26.0 Å². The zero-order valence-electron chi connectivity index (χ0n) is 6.39. The minimum absolute atomic E-state index is 0.159. The van der Waals surface area contributed by atoms with E-state index < -0.39 is 0 Å². The molecule has 0 spiro atoms. The van der Waals surface area contributed by atoms with Gasteiger partial charge in [0.05, 0.1) is 0 Å². The summed E-state index contributed by atoms with van der Waals surface area (Å²) in [4.78, 5) is 0.